The van der Waals surface area contributed by atoms with Crippen molar-refractivity contribution < 1.29 is 22.4 Å². The van der Waals surface area contributed by atoms with E-state index in [1.54, 1.807) is 13.0 Å². The highest BCUT2D eigenvalue weighted by Crippen LogP contribution is 2.32. The lowest BCUT2D eigenvalue weighted by molar-refractivity contribution is -0.137. The topological polar surface area (TPSA) is 58.4 Å². The van der Waals surface area contributed by atoms with Crippen molar-refractivity contribution in [1.82, 2.24) is 15.2 Å². The number of alkyl halides is 3. The first kappa shape index (κ1) is 19.4. The molecule has 8 heteroatoms. The molecule has 0 saturated carbocycles. The maximum Gasteiger partial charge on any atom is 0.416 e. The molecule has 1 saturated heterocycles. The van der Waals surface area contributed by atoms with Crippen molar-refractivity contribution in [3.63, 3.8) is 0 Å². The molecule has 27 heavy (non-hydrogen) atoms. The van der Waals surface area contributed by atoms with E-state index in [0.29, 0.717) is 36.7 Å². The highest BCUT2D eigenvalue weighted by molar-refractivity contribution is 5.79. The van der Waals surface area contributed by atoms with Crippen molar-refractivity contribution in [2.45, 2.75) is 33.0 Å². The van der Waals surface area contributed by atoms with Gasteiger partial charge in [-0.2, -0.15) is 13.2 Å². The molecule has 0 spiro atoms. The van der Waals surface area contributed by atoms with Crippen molar-refractivity contribution in [3.05, 3.63) is 41.3 Å². The number of amides is 1. The van der Waals surface area contributed by atoms with E-state index >= 15 is 0 Å². The minimum Gasteiger partial charge on any atom is -0.441 e. The molecule has 1 unspecified atom stereocenters. The first-order chi connectivity index (χ1) is 12.8. The molecule has 1 atom stereocenters. The smallest absolute Gasteiger partial charge is 0.416 e. The van der Waals surface area contributed by atoms with E-state index in [0.717, 1.165) is 25.1 Å². The first-order valence-corrected chi connectivity index (χ1v) is 8.92. The van der Waals surface area contributed by atoms with Crippen molar-refractivity contribution in [3.8, 4) is 11.5 Å². The zero-order valence-corrected chi connectivity index (χ0v) is 15.3. The van der Waals surface area contributed by atoms with Crippen molar-refractivity contribution in [2.75, 3.05) is 19.6 Å². The van der Waals surface area contributed by atoms with Crippen LogP contribution in [0.5, 0.6) is 0 Å². The molecule has 3 rings (SSSR count). The van der Waals surface area contributed by atoms with Crippen LogP contribution in [-0.4, -0.2) is 35.4 Å². The zero-order chi connectivity index (χ0) is 19.6. The fourth-order valence-electron chi connectivity index (χ4n) is 3.25. The van der Waals surface area contributed by atoms with E-state index in [1.807, 2.05) is 6.92 Å². The summed E-state index contributed by atoms with van der Waals surface area (Å²) in [6.45, 7) is 6.15. The third-order valence-electron chi connectivity index (χ3n) is 4.70. The third-order valence-corrected chi connectivity index (χ3v) is 4.70. The second-order valence-corrected chi connectivity index (χ2v) is 6.72. The third kappa shape index (κ3) is 4.50. The molecular weight excluding hydrogens is 359 g/mol. The number of nitrogens with zero attached hydrogens (tertiary/aromatic N) is 2. The SMILES string of the molecule is CCNC(=O)C1CCN(Cc2nc(-c3cccc(C(F)(F)F)c3)oc2C)C1. The van der Waals surface area contributed by atoms with Gasteiger partial charge in [-0.15, -0.1) is 0 Å². The van der Waals surface area contributed by atoms with Gasteiger partial charge in [0, 0.05) is 25.2 Å². The van der Waals surface area contributed by atoms with Gasteiger partial charge in [0.1, 0.15) is 5.76 Å². The summed E-state index contributed by atoms with van der Waals surface area (Å²) in [5, 5.41) is 2.83. The van der Waals surface area contributed by atoms with Gasteiger partial charge in [-0.3, -0.25) is 9.69 Å². The quantitative estimate of drug-likeness (QED) is 0.859. The molecule has 146 valence electrons. The lowest BCUT2D eigenvalue weighted by atomic mass is 10.1. The fraction of sp³-hybridized carbons (Fsp3) is 0.474. The Bertz CT molecular complexity index is 817. The Kier molecular flexibility index (Phi) is 5.55. The van der Waals surface area contributed by atoms with Crippen LogP contribution in [0.1, 0.15) is 30.4 Å². The molecule has 5 nitrogen and oxygen atoms in total. The number of hydrogen-bond acceptors (Lipinski definition) is 4. The van der Waals surface area contributed by atoms with Gasteiger partial charge < -0.3 is 9.73 Å². The Morgan fingerprint density at radius 2 is 2.19 bits per heavy atom. The van der Waals surface area contributed by atoms with E-state index in [1.165, 1.54) is 6.07 Å². The van der Waals surface area contributed by atoms with Crippen LogP contribution in [0.2, 0.25) is 0 Å². The minimum atomic E-state index is -4.41. The van der Waals surface area contributed by atoms with Gasteiger partial charge in [0.05, 0.1) is 17.2 Å². The number of aromatic nitrogens is 1. The Balaban J connectivity index is 1.72. The van der Waals surface area contributed by atoms with E-state index in [-0.39, 0.29) is 17.7 Å². The zero-order valence-electron chi connectivity index (χ0n) is 15.3. The number of likely N-dealkylation sites (tertiary alicyclic amines) is 1. The molecule has 1 amide bonds. The van der Waals surface area contributed by atoms with E-state index in [2.05, 4.69) is 15.2 Å². The van der Waals surface area contributed by atoms with E-state index < -0.39 is 11.7 Å². The molecule has 1 aromatic heterocycles. The standard InChI is InChI=1S/C19H22F3N3O2/c1-3-23-17(26)14-7-8-25(10-14)11-16-12(2)27-18(24-16)13-5-4-6-15(9-13)19(20,21)22/h4-6,9,14H,3,7-8,10-11H2,1-2H3,(H,23,26). The van der Waals surface area contributed by atoms with Gasteiger partial charge in [0.25, 0.3) is 0 Å². The van der Waals surface area contributed by atoms with Crippen LogP contribution in [-0.2, 0) is 17.5 Å². The van der Waals surface area contributed by atoms with Crippen LogP contribution in [0.15, 0.2) is 28.7 Å². The Labute approximate surface area is 155 Å². The van der Waals surface area contributed by atoms with Crippen LogP contribution < -0.4 is 5.32 Å². The highest BCUT2D eigenvalue weighted by Gasteiger charge is 2.31. The molecule has 1 aromatic carbocycles. The number of rotatable bonds is 5. The number of aryl methyl sites for hydroxylation is 1. The normalized spacial score (nSPS) is 18.0. The monoisotopic (exact) mass is 381 g/mol. The van der Waals surface area contributed by atoms with Crippen LogP contribution in [0.4, 0.5) is 13.2 Å². The van der Waals surface area contributed by atoms with Crippen molar-refractivity contribution in [2.24, 2.45) is 5.92 Å². The fourth-order valence-corrected chi connectivity index (χ4v) is 3.25. The molecule has 0 bridgehead atoms. The van der Waals surface area contributed by atoms with Crippen molar-refractivity contribution >= 4 is 5.91 Å². The van der Waals surface area contributed by atoms with Gasteiger partial charge in [-0.25, -0.2) is 4.98 Å². The largest absolute Gasteiger partial charge is 0.441 e. The molecule has 1 fully saturated rings. The molecule has 2 heterocycles. The van der Waals surface area contributed by atoms with Gasteiger partial charge in [0.15, 0.2) is 0 Å². The number of halogens is 3. The molecule has 0 aliphatic carbocycles. The first-order valence-electron chi connectivity index (χ1n) is 8.92. The lowest BCUT2D eigenvalue weighted by Crippen LogP contribution is -2.32. The Morgan fingerprint density at radius 1 is 1.41 bits per heavy atom. The van der Waals surface area contributed by atoms with E-state index in [9.17, 15) is 18.0 Å². The number of oxazole rings is 1. The number of hydrogen-bond donors (Lipinski definition) is 1. The molecule has 0 radical (unpaired) electrons. The van der Waals surface area contributed by atoms with Gasteiger partial charge >= 0.3 is 6.18 Å². The van der Waals surface area contributed by atoms with Crippen LogP contribution in [0, 0.1) is 12.8 Å². The average molecular weight is 381 g/mol. The predicted molar refractivity (Wildman–Crippen MR) is 93.7 cm³/mol. The maximum absolute atomic E-state index is 12.9. The van der Waals surface area contributed by atoms with Gasteiger partial charge in [-0.1, -0.05) is 6.07 Å². The average Bonchev–Trinajstić information content (AvgIpc) is 3.22. The Hall–Kier alpha value is -2.35. The number of carbonyl (C=O) groups is 1. The molecule has 2 aromatic rings. The number of carbonyl (C=O) groups excluding carboxylic acids is 1. The summed E-state index contributed by atoms with van der Waals surface area (Å²) in [4.78, 5) is 18.5. The molecular formula is C19H22F3N3O2. The van der Waals surface area contributed by atoms with Gasteiger partial charge in [0.2, 0.25) is 11.8 Å². The number of nitrogens with one attached hydrogen (secondary N) is 1. The van der Waals surface area contributed by atoms with Crippen LogP contribution in [0.3, 0.4) is 0 Å². The molecule has 1 aliphatic heterocycles. The summed E-state index contributed by atoms with van der Waals surface area (Å²) in [5.74, 6) is 0.763. The maximum atomic E-state index is 12.9. The van der Waals surface area contributed by atoms with Crippen LogP contribution in [0.25, 0.3) is 11.5 Å². The highest BCUT2D eigenvalue weighted by atomic mass is 19.4. The second-order valence-electron chi connectivity index (χ2n) is 6.72. The molecule has 1 N–H and O–H groups in total. The Morgan fingerprint density at radius 3 is 2.89 bits per heavy atom. The summed E-state index contributed by atoms with van der Waals surface area (Å²) in [7, 11) is 0. The summed E-state index contributed by atoms with van der Waals surface area (Å²) in [6.07, 6.45) is -3.63. The molecule has 1 aliphatic rings. The van der Waals surface area contributed by atoms with Gasteiger partial charge in [-0.05, 0) is 45.0 Å². The summed E-state index contributed by atoms with van der Waals surface area (Å²) in [6, 6.07) is 4.95. The summed E-state index contributed by atoms with van der Waals surface area (Å²) >= 11 is 0. The summed E-state index contributed by atoms with van der Waals surface area (Å²) in [5.41, 5.74) is 0.237. The van der Waals surface area contributed by atoms with Crippen molar-refractivity contribution in [1.29, 1.82) is 0 Å². The second kappa shape index (κ2) is 7.72. The lowest BCUT2D eigenvalue weighted by Gasteiger charge is -2.14. The predicted octanol–water partition coefficient (Wildman–Crippen LogP) is 3.63. The van der Waals surface area contributed by atoms with E-state index in [4.69, 9.17) is 4.42 Å². The minimum absolute atomic E-state index is 0.0416. The number of benzene rings is 1. The van der Waals surface area contributed by atoms with Crippen LogP contribution >= 0.6 is 0 Å². The summed E-state index contributed by atoms with van der Waals surface area (Å²) < 4.78 is 44.3.